The average molecular weight is 291 g/mol. The van der Waals surface area contributed by atoms with E-state index in [1.165, 1.54) is 0 Å². The van der Waals surface area contributed by atoms with Gasteiger partial charge in [-0.25, -0.2) is 0 Å². The minimum atomic E-state index is -0.130. The van der Waals surface area contributed by atoms with Crippen LogP contribution in [0.1, 0.15) is 39.2 Å². The minimum absolute atomic E-state index is 0.130. The van der Waals surface area contributed by atoms with E-state index in [1.54, 1.807) is 12.1 Å². The fourth-order valence-corrected chi connectivity index (χ4v) is 2.26. The van der Waals surface area contributed by atoms with Crippen molar-refractivity contribution in [2.45, 2.75) is 40.2 Å². The van der Waals surface area contributed by atoms with Crippen LogP contribution in [0.15, 0.2) is 12.1 Å². The van der Waals surface area contributed by atoms with E-state index in [1.807, 2.05) is 0 Å². The smallest absolute Gasteiger partial charge is 0.143 e. The summed E-state index contributed by atoms with van der Waals surface area (Å²) >= 11 is 11.9. The molecule has 0 aliphatic carbocycles. The molecule has 0 radical (unpaired) electrons. The quantitative estimate of drug-likeness (QED) is 0.797. The van der Waals surface area contributed by atoms with Crippen LogP contribution < -0.4 is 4.74 Å². The normalized spacial score (nSPS) is 11.7. The summed E-state index contributed by atoms with van der Waals surface area (Å²) in [5, 5.41) is 10.2. The Morgan fingerprint density at radius 3 is 2.44 bits per heavy atom. The predicted octanol–water partition coefficient (Wildman–Crippen LogP) is 4.69. The van der Waals surface area contributed by atoms with Crippen molar-refractivity contribution in [1.82, 2.24) is 0 Å². The lowest BCUT2D eigenvalue weighted by atomic mass is 9.91. The number of hydrogen-bond acceptors (Lipinski definition) is 2. The maximum Gasteiger partial charge on any atom is 0.143 e. The molecule has 0 unspecified atom stereocenters. The number of aliphatic hydroxyl groups excluding tert-OH is 1. The molecular formula is C14H20Cl2O2. The highest BCUT2D eigenvalue weighted by molar-refractivity contribution is 6.35. The molecule has 0 aliphatic heterocycles. The van der Waals surface area contributed by atoms with Gasteiger partial charge in [-0.15, -0.1) is 0 Å². The van der Waals surface area contributed by atoms with E-state index in [9.17, 15) is 5.11 Å². The predicted molar refractivity (Wildman–Crippen MR) is 76.6 cm³/mol. The Bertz CT molecular complexity index is 398. The monoisotopic (exact) mass is 290 g/mol. The Kier molecular flexibility index (Phi) is 5.77. The summed E-state index contributed by atoms with van der Waals surface area (Å²) in [5.74, 6) is 0.539. The summed E-state index contributed by atoms with van der Waals surface area (Å²) in [6.07, 6.45) is 2.03. The zero-order chi connectivity index (χ0) is 13.8. The number of benzene rings is 1. The molecule has 0 saturated heterocycles. The SMILES string of the molecule is CC(C)(C)CCCOc1c(Cl)cc(Cl)cc1CO. The molecule has 4 heteroatoms. The molecule has 1 aromatic carbocycles. The average Bonchev–Trinajstić information content (AvgIpc) is 2.24. The second-order valence-corrected chi connectivity index (χ2v) is 6.39. The second-order valence-electron chi connectivity index (χ2n) is 5.55. The van der Waals surface area contributed by atoms with Crippen LogP contribution in [-0.4, -0.2) is 11.7 Å². The minimum Gasteiger partial charge on any atom is -0.492 e. The van der Waals surface area contributed by atoms with Crippen LogP contribution in [0.4, 0.5) is 0 Å². The third kappa shape index (κ3) is 5.05. The number of rotatable bonds is 5. The van der Waals surface area contributed by atoms with Crippen LogP contribution >= 0.6 is 23.2 Å². The standard InChI is InChI=1S/C14H20Cl2O2/c1-14(2,3)5-4-6-18-13-10(9-17)7-11(15)8-12(13)16/h7-8,17H,4-6,9H2,1-3H3. The van der Waals surface area contributed by atoms with Gasteiger partial charge in [0.1, 0.15) is 5.75 Å². The lowest BCUT2D eigenvalue weighted by Gasteiger charge is -2.18. The van der Waals surface area contributed by atoms with E-state index in [0.29, 0.717) is 33.4 Å². The van der Waals surface area contributed by atoms with E-state index in [-0.39, 0.29) is 6.61 Å². The van der Waals surface area contributed by atoms with Crippen molar-refractivity contribution in [2.75, 3.05) is 6.61 Å². The number of halogens is 2. The Labute approximate surface area is 119 Å². The summed E-state index contributed by atoms with van der Waals surface area (Å²) in [7, 11) is 0. The molecule has 0 amide bonds. The zero-order valence-corrected chi connectivity index (χ0v) is 12.6. The fourth-order valence-electron chi connectivity index (χ4n) is 1.67. The molecule has 0 fully saturated rings. The summed E-state index contributed by atoms with van der Waals surface area (Å²) in [6, 6.07) is 3.30. The third-order valence-corrected chi connectivity index (χ3v) is 3.07. The van der Waals surface area contributed by atoms with Crippen molar-refractivity contribution >= 4 is 23.2 Å². The molecule has 0 atom stereocenters. The van der Waals surface area contributed by atoms with Crippen molar-refractivity contribution in [3.63, 3.8) is 0 Å². The van der Waals surface area contributed by atoms with Gasteiger partial charge < -0.3 is 9.84 Å². The number of ether oxygens (including phenoxy) is 1. The highest BCUT2D eigenvalue weighted by Crippen LogP contribution is 2.33. The van der Waals surface area contributed by atoms with Crippen LogP contribution in [-0.2, 0) is 6.61 Å². The summed E-state index contributed by atoms with van der Waals surface area (Å²) in [5.41, 5.74) is 0.927. The zero-order valence-electron chi connectivity index (χ0n) is 11.1. The molecule has 1 rings (SSSR count). The third-order valence-electron chi connectivity index (χ3n) is 2.57. The van der Waals surface area contributed by atoms with Gasteiger partial charge in [0.05, 0.1) is 18.2 Å². The molecule has 1 aromatic rings. The topological polar surface area (TPSA) is 29.5 Å². The Balaban J connectivity index is 2.62. The highest BCUT2D eigenvalue weighted by Gasteiger charge is 2.12. The number of aliphatic hydroxyl groups is 1. The van der Waals surface area contributed by atoms with Crippen LogP contribution in [0.25, 0.3) is 0 Å². The lowest BCUT2D eigenvalue weighted by molar-refractivity contribution is 0.248. The van der Waals surface area contributed by atoms with Gasteiger partial charge in [-0.2, -0.15) is 0 Å². The van der Waals surface area contributed by atoms with Gasteiger partial charge in [-0.05, 0) is 30.4 Å². The van der Waals surface area contributed by atoms with Crippen LogP contribution in [0.3, 0.4) is 0 Å². The molecule has 0 aliphatic rings. The molecule has 0 aromatic heterocycles. The highest BCUT2D eigenvalue weighted by atomic mass is 35.5. The molecule has 0 heterocycles. The van der Waals surface area contributed by atoms with Crippen LogP contribution in [0.2, 0.25) is 10.0 Å². The van der Waals surface area contributed by atoms with Crippen molar-refractivity contribution in [2.24, 2.45) is 5.41 Å². The second kappa shape index (κ2) is 6.65. The first-order chi connectivity index (χ1) is 8.33. The Hall–Kier alpha value is -0.440. The maximum absolute atomic E-state index is 9.26. The molecule has 0 saturated carbocycles. The van der Waals surface area contributed by atoms with Crippen LogP contribution in [0, 0.1) is 5.41 Å². The van der Waals surface area contributed by atoms with Crippen molar-refractivity contribution in [3.05, 3.63) is 27.7 Å². The van der Waals surface area contributed by atoms with Gasteiger partial charge in [0.2, 0.25) is 0 Å². The summed E-state index contributed by atoms with van der Waals surface area (Å²) in [6.45, 7) is 7.05. The molecule has 2 nitrogen and oxygen atoms in total. The van der Waals surface area contributed by atoms with E-state index in [2.05, 4.69) is 20.8 Å². The van der Waals surface area contributed by atoms with Crippen molar-refractivity contribution in [3.8, 4) is 5.75 Å². The molecule has 0 spiro atoms. The van der Waals surface area contributed by atoms with Gasteiger partial charge >= 0.3 is 0 Å². The van der Waals surface area contributed by atoms with Gasteiger partial charge in [0.25, 0.3) is 0 Å². The van der Waals surface area contributed by atoms with E-state index in [0.717, 1.165) is 12.8 Å². The lowest BCUT2D eigenvalue weighted by Crippen LogP contribution is -2.08. The Morgan fingerprint density at radius 2 is 1.89 bits per heavy atom. The van der Waals surface area contributed by atoms with Gasteiger partial charge in [0.15, 0.2) is 0 Å². The number of hydrogen-bond donors (Lipinski definition) is 1. The van der Waals surface area contributed by atoms with E-state index >= 15 is 0 Å². The van der Waals surface area contributed by atoms with Gasteiger partial charge in [-0.3, -0.25) is 0 Å². The Morgan fingerprint density at radius 1 is 1.22 bits per heavy atom. The van der Waals surface area contributed by atoms with Gasteiger partial charge in [-0.1, -0.05) is 44.0 Å². The molecule has 0 bridgehead atoms. The first kappa shape index (κ1) is 15.6. The maximum atomic E-state index is 9.26. The largest absolute Gasteiger partial charge is 0.492 e. The van der Waals surface area contributed by atoms with Crippen LogP contribution in [0.5, 0.6) is 5.75 Å². The van der Waals surface area contributed by atoms with Crippen molar-refractivity contribution in [1.29, 1.82) is 0 Å². The van der Waals surface area contributed by atoms with Crippen molar-refractivity contribution < 1.29 is 9.84 Å². The molecular weight excluding hydrogens is 271 g/mol. The summed E-state index contributed by atoms with van der Waals surface area (Å²) < 4.78 is 5.66. The fraction of sp³-hybridized carbons (Fsp3) is 0.571. The molecule has 1 N–H and O–H groups in total. The summed E-state index contributed by atoms with van der Waals surface area (Å²) in [4.78, 5) is 0. The molecule has 18 heavy (non-hydrogen) atoms. The van der Waals surface area contributed by atoms with Gasteiger partial charge in [0, 0.05) is 10.6 Å². The van der Waals surface area contributed by atoms with E-state index < -0.39 is 0 Å². The molecule has 102 valence electrons. The first-order valence-corrected chi connectivity index (χ1v) is 6.80. The van der Waals surface area contributed by atoms with E-state index in [4.69, 9.17) is 27.9 Å². The first-order valence-electron chi connectivity index (χ1n) is 6.05.